The predicted octanol–water partition coefficient (Wildman–Crippen LogP) is 4.51. The van der Waals surface area contributed by atoms with Crippen molar-refractivity contribution < 1.29 is 22.7 Å². The Balaban J connectivity index is 2.16. The summed E-state index contributed by atoms with van der Waals surface area (Å²) in [5.41, 5.74) is 0.832. The lowest BCUT2D eigenvalue weighted by Crippen LogP contribution is -2.32. The van der Waals surface area contributed by atoms with Crippen LogP contribution in [0.3, 0.4) is 0 Å². The maximum Gasteiger partial charge on any atom is 0.246 e. The van der Waals surface area contributed by atoms with Crippen molar-refractivity contribution >= 4 is 28.9 Å². The van der Waals surface area contributed by atoms with Gasteiger partial charge in [0.25, 0.3) is 0 Å². The van der Waals surface area contributed by atoms with Crippen LogP contribution >= 0.6 is 11.6 Å². The molecule has 0 aliphatic rings. The van der Waals surface area contributed by atoms with E-state index in [0.29, 0.717) is 16.5 Å². The molecule has 0 aliphatic heterocycles. The van der Waals surface area contributed by atoms with Gasteiger partial charge in [-0.15, -0.1) is 0 Å². The van der Waals surface area contributed by atoms with E-state index in [0.717, 1.165) is 17.7 Å². The number of aryl methyl sites for hydroxylation is 1. The van der Waals surface area contributed by atoms with E-state index >= 15 is 0 Å². The van der Waals surface area contributed by atoms with E-state index in [4.69, 9.17) is 16.3 Å². The van der Waals surface area contributed by atoms with E-state index in [1.165, 1.54) is 14.0 Å². The third kappa shape index (κ3) is 4.17. The highest BCUT2D eigenvalue weighted by atomic mass is 35.5. The van der Waals surface area contributed by atoms with E-state index in [-0.39, 0.29) is 0 Å². The molecule has 4 nitrogen and oxygen atoms in total. The first-order valence-corrected chi connectivity index (χ1v) is 7.67. The van der Waals surface area contributed by atoms with Crippen LogP contribution in [0.2, 0.25) is 5.02 Å². The normalized spacial score (nSPS) is 11.8. The fourth-order valence-corrected chi connectivity index (χ4v) is 2.26. The Kier molecular flexibility index (Phi) is 5.79. The van der Waals surface area contributed by atoms with Gasteiger partial charge in [-0.3, -0.25) is 4.79 Å². The van der Waals surface area contributed by atoms with Crippen LogP contribution < -0.4 is 15.4 Å². The van der Waals surface area contributed by atoms with Crippen molar-refractivity contribution in [2.75, 3.05) is 17.7 Å². The van der Waals surface area contributed by atoms with Crippen molar-refractivity contribution in [1.29, 1.82) is 0 Å². The van der Waals surface area contributed by atoms with Gasteiger partial charge in [-0.1, -0.05) is 11.6 Å². The molecule has 0 saturated heterocycles. The van der Waals surface area contributed by atoms with Gasteiger partial charge in [0.1, 0.15) is 11.8 Å². The van der Waals surface area contributed by atoms with Gasteiger partial charge < -0.3 is 15.4 Å². The number of hydrogen-bond donors (Lipinski definition) is 2. The standard InChI is InChI=1S/C17H16ClF3N2O2/c1-8-6-13(14(25-3)7-10(8)18)22-9(2)17(24)23-12-5-4-11(19)15(20)16(12)21/h4-7,9,22H,1-3H3,(H,23,24)/t9-/m0/s1. The number of benzene rings is 2. The Morgan fingerprint density at radius 1 is 1.16 bits per heavy atom. The molecule has 2 aromatic carbocycles. The summed E-state index contributed by atoms with van der Waals surface area (Å²) >= 11 is 6.02. The molecule has 1 atom stereocenters. The van der Waals surface area contributed by atoms with Crippen molar-refractivity contribution in [1.82, 2.24) is 0 Å². The third-order valence-electron chi connectivity index (χ3n) is 3.54. The number of amides is 1. The molecule has 0 aromatic heterocycles. The minimum absolute atomic E-state index is 0.425. The number of anilines is 2. The monoisotopic (exact) mass is 372 g/mol. The van der Waals surface area contributed by atoms with Gasteiger partial charge in [-0.05, 0) is 37.6 Å². The zero-order chi connectivity index (χ0) is 18.7. The molecule has 25 heavy (non-hydrogen) atoms. The zero-order valence-corrected chi connectivity index (χ0v) is 14.5. The highest BCUT2D eigenvalue weighted by molar-refractivity contribution is 6.31. The van der Waals surface area contributed by atoms with Crippen LogP contribution in [0.25, 0.3) is 0 Å². The van der Waals surface area contributed by atoms with Gasteiger partial charge in [-0.25, -0.2) is 13.2 Å². The summed E-state index contributed by atoms with van der Waals surface area (Å²) < 4.78 is 45.0. The molecule has 0 saturated carbocycles. The van der Waals surface area contributed by atoms with Gasteiger partial charge in [0.15, 0.2) is 17.5 Å². The smallest absolute Gasteiger partial charge is 0.246 e. The van der Waals surface area contributed by atoms with Crippen molar-refractivity contribution in [3.05, 3.63) is 52.3 Å². The lowest BCUT2D eigenvalue weighted by Gasteiger charge is -2.18. The molecular weight excluding hydrogens is 357 g/mol. The second kappa shape index (κ2) is 7.65. The van der Waals surface area contributed by atoms with E-state index in [2.05, 4.69) is 10.6 Å². The molecule has 2 N–H and O–H groups in total. The fraction of sp³-hybridized carbons (Fsp3) is 0.235. The number of rotatable bonds is 5. The van der Waals surface area contributed by atoms with E-state index < -0.39 is 35.1 Å². The first-order valence-electron chi connectivity index (χ1n) is 7.29. The summed E-state index contributed by atoms with van der Waals surface area (Å²) in [7, 11) is 1.45. The molecular formula is C17H16ClF3N2O2. The molecule has 8 heteroatoms. The quantitative estimate of drug-likeness (QED) is 0.759. The highest BCUT2D eigenvalue weighted by Gasteiger charge is 2.19. The van der Waals surface area contributed by atoms with Crippen molar-refractivity contribution in [3.8, 4) is 5.75 Å². The predicted molar refractivity (Wildman–Crippen MR) is 90.8 cm³/mol. The third-order valence-corrected chi connectivity index (χ3v) is 3.95. The van der Waals surface area contributed by atoms with Crippen LogP contribution in [0.4, 0.5) is 24.5 Å². The molecule has 1 amide bonds. The summed E-state index contributed by atoms with van der Waals surface area (Å²) in [4.78, 5) is 12.2. The van der Waals surface area contributed by atoms with Crippen molar-refractivity contribution in [2.45, 2.75) is 19.9 Å². The van der Waals surface area contributed by atoms with E-state index in [1.54, 1.807) is 19.1 Å². The molecule has 0 unspecified atom stereocenters. The molecule has 134 valence electrons. The van der Waals surface area contributed by atoms with E-state index in [1.807, 2.05) is 0 Å². The molecule has 0 heterocycles. The van der Waals surface area contributed by atoms with Crippen LogP contribution in [0.1, 0.15) is 12.5 Å². The Morgan fingerprint density at radius 3 is 2.48 bits per heavy atom. The number of carbonyl (C=O) groups excluding carboxylic acids is 1. The first-order chi connectivity index (χ1) is 11.7. The average molecular weight is 373 g/mol. The van der Waals surface area contributed by atoms with Gasteiger partial charge in [0.05, 0.1) is 18.5 Å². The minimum atomic E-state index is -1.64. The summed E-state index contributed by atoms with van der Waals surface area (Å²) in [5.74, 6) is -4.65. The number of methoxy groups -OCH3 is 1. The van der Waals surface area contributed by atoms with Crippen LogP contribution in [-0.2, 0) is 4.79 Å². The lowest BCUT2D eigenvalue weighted by atomic mass is 10.2. The average Bonchev–Trinajstić information content (AvgIpc) is 2.58. The van der Waals surface area contributed by atoms with Crippen LogP contribution in [-0.4, -0.2) is 19.1 Å². The highest BCUT2D eigenvalue weighted by Crippen LogP contribution is 2.31. The van der Waals surface area contributed by atoms with Crippen LogP contribution in [0.5, 0.6) is 5.75 Å². The van der Waals surface area contributed by atoms with Crippen LogP contribution in [0.15, 0.2) is 24.3 Å². The van der Waals surface area contributed by atoms with Gasteiger partial charge in [0.2, 0.25) is 5.91 Å². The molecule has 0 spiro atoms. The van der Waals surface area contributed by atoms with Gasteiger partial charge >= 0.3 is 0 Å². The summed E-state index contributed by atoms with van der Waals surface area (Å²) in [6.07, 6.45) is 0. The number of ether oxygens (including phenoxy) is 1. The summed E-state index contributed by atoms with van der Waals surface area (Å²) in [6, 6.07) is 4.16. The lowest BCUT2D eigenvalue weighted by molar-refractivity contribution is -0.116. The van der Waals surface area contributed by atoms with Gasteiger partial charge in [-0.2, -0.15) is 0 Å². The molecule has 0 radical (unpaired) electrons. The molecule has 2 rings (SSSR count). The van der Waals surface area contributed by atoms with Crippen molar-refractivity contribution in [3.63, 3.8) is 0 Å². The molecule has 0 aliphatic carbocycles. The first kappa shape index (κ1) is 18.9. The van der Waals surface area contributed by atoms with Crippen molar-refractivity contribution in [2.24, 2.45) is 0 Å². The Morgan fingerprint density at radius 2 is 1.84 bits per heavy atom. The molecule has 2 aromatic rings. The Bertz CT molecular complexity index is 815. The maximum atomic E-state index is 13.6. The summed E-state index contributed by atoms with van der Waals surface area (Å²) in [5, 5.41) is 5.62. The fourth-order valence-electron chi connectivity index (χ4n) is 2.11. The topological polar surface area (TPSA) is 50.4 Å². The van der Waals surface area contributed by atoms with Gasteiger partial charge in [0, 0.05) is 11.1 Å². The SMILES string of the molecule is COc1cc(Cl)c(C)cc1N[C@@H](C)C(=O)Nc1ccc(F)c(F)c1F. The van der Waals surface area contributed by atoms with E-state index in [9.17, 15) is 18.0 Å². The second-order valence-electron chi connectivity index (χ2n) is 5.38. The second-order valence-corrected chi connectivity index (χ2v) is 5.79. The molecule has 0 fully saturated rings. The minimum Gasteiger partial charge on any atom is -0.495 e. The van der Waals surface area contributed by atoms with Crippen LogP contribution in [0, 0.1) is 24.4 Å². The Hall–Kier alpha value is -2.41. The zero-order valence-electron chi connectivity index (χ0n) is 13.7. The largest absolute Gasteiger partial charge is 0.495 e. The number of nitrogens with one attached hydrogen (secondary N) is 2. The Labute approximate surface area is 147 Å². The molecule has 0 bridgehead atoms. The number of carbonyl (C=O) groups is 1. The summed E-state index contributed by atoms with van der Waals surface area (Å²) in [6.45, 7) is 3.31. The number of halogens is 4. The number of hydrogen-bond acceptors (Lipinski definition) is 3. The maximum absolute atomic E-state index is 13.6.